The number of rotatable bonds is 5. The summed E-state index contributed by atoms with van der Waals surface area (Å²) in [4.78, 5) is 32.9. The van der Waals surface area contributed by atoms with Crippen LogP contribution in [0.25, 0.3) is 21.8 Å². The minimum Gasteiger partial charge on any atom is -0.331 e. The molecule has 3 heterocycles. The summed E-state index contributed by atoms with van der Waals surface area (Å²) in [5.41, 5.74) is 2.51. The van der Waals surface area contributed by atoms with Crippen molar-refractivity contribution >= 4 is 44.2 Å². The second-order valence-electron chi connectivity index (χ2n) is 8.33. The van der Waals surface area contributed by atoms with Gasteiger partial charge in [0.2, 0.25) is 5.91 Å². The molecule has 0 atom stereocenters. The fraction of sp³-hybridized carbons (Fsp3) is 0.320. The number of nitrogens with zero attached hydrogens (tertiary/aromatic N) is 3. The van der Waals surface area contributed by atoms with Crippen molar-refractivity contribution in [1.29, 1.82) is 0 Å². The molecule has 0 aliphatic carbocycles. The first kappa shape index (κ1) is 20.8. The highest BCUT2D eigenvalue weighted by atomic mass is 32.1. The zero-order chi connectivity index (χ0) is 21.9. The molecule has 1 saturated heterocycles. The number of aromatic nitrogens is 2. The summed E-state index contributed by atoms with van der Waals surface area (Å²) in [5, 5.41) is 6.84. The Morgan fingerprint density at radius 2 is 1.56 bits per heavy atom. The van der Waals surface area contributed by atoms with E-state index in [9.17, 15) is 9.59 Å². The van der Waals surface area contributed by atoms with E-state index in [2.05, 4.69) is 15.2 Å². The molecule has 2 aromatic heterocycles. The van der Waals surface area contributed by atoms with Crippen LogP contribution in [0.15, 0.2) is 58.7 Å². The Kier molecular flexibility index (Phi) is 6.01. The Morgan fingerprint density at radius 1 is 0.938 bits per heavy atom. The summed E-state index contributed by atoms with van der Waals surface area (Å²) in [7, 11) is 0. The Labute approximate surface area is 190 Å². The molecule has 0 saturated carbocycles. The average Bonchev–Trinajstić information content (AvgIpc) is 3.08. The van der Waals surface area contributed by atoms with Crippen molar-refractivity contribution in [3.05, 3.63) is 69.8 Å². The third kappa shape index (κ3) is 4.31. The number of hydrogen-bond donors (Lipinski definition) is 1. The summed E-state index contributed by atoms with van der Waals surface area (Å²) < 4.78 is 1.91. The number of amides is 1. The number of para-hydroxylation sites is 2. The first-order chi connectivity index (χ1) is 15.7. The second-order valence-corrected chi connectivity index (χ2v) is 9.19. The maximum Gasteiger partial charge on any atom is 0.246 e. The van der Waals surface area contributed by atoms with E-state index in [4.69, 9.17) is 0 Å². The van der Waals surface area contributed by atoms with Gasteiger partial charge in [-0.15, -0.1) is 11.3 Å². The molecule has 0 unspecified atom stereocenters. The maximum absolute atomic E-state index is 12.9. The van der Waals surface area contributed by atoms with Crippen LogP contribution in [0, 0.1) is 0 Å². The SMILES string of the molecule is O=C(Cn1c2ccccc2c(=O)c2ccccc21)Nc1nc(CN2CCCCCC2)cs1. The molecule has 1 amide bonds. The van der Waals surface area contributed by atoms with Crippen LogP contribution in [0.5, 0.6) is 0 Å². The van der Waals surface area contributed by atoms with Crippen molar-refractivity contribution in [3.63, 3.8) is 0 Å². The fourth-order valence-corrected chi connectivity index (χ4v) is 5.23. The van der Waals surface area contributed by atoms with Crippen molar-refractivity contribution in [1.82, 2.24) is 14.5 Å². The van der Waals surface area contributed by atoms with Crippen LogP contribution in [0.3, 0.4) is 0 Å². The minimum absolute atomic E-state index is 0.00839. The number of hydrogen-bond acceptors (Lipinski definition) is 5. The number of fused-ring (bicyclic) bond motifs is 2. The molecular formula is C25H26N4O2S. The van der Waals surface area contributed by atoms with Gasteiger partial charge in [0, 0.05) is 22.7 Å². The molecule has 0 spiro atoms. The summed E-state index contributed by atoms with van der Waals surface area (Å²) in [6, 6.07) is 14.9. The third-order valence-electron chi connectivity index (χ3n) is 6.06. The lowest BCUT2D eigenvalue weighted by Crippen LogP contribution is -2.24. The van der Waals surface area contributed by atoms with Gasteiger partial charge in [-0.3, -0.25) is 14.5 Å². The van der Waals surface area contributed by atoms with Gasteiger partial charge in [0.1, 0.15) is 6.54 Å². The van der Waals surface area contributed by atoms with Gasteiger partial charge in [0.25, 0.3) is 0 Å². The van der Waals surface area contributed by atoms with E-state index in [1.54, 1.807) is 0 Å². The highest BCUT2D eigenvalue weighted by Gasteiger charge is 2.15. The molecule has 1 fully saturated rings. The smallest absolute Gasteiger partial charge is 0.246 e. The van der Waals surface area contributed by atoms with Crippen LogP contribution >= 0.6 is 11.3 Å². The number of thiazole rings is 1. The van der Waals surface area contributed by atoms with Crippen LogP contribution in [0.1, 0.15) is 31.4 Å². The maximum atomic E-state index is 12.9. The van der Waals surface area contributed by atoms with E-state index < -0.39 is 0 Å². The van der Waals surface area contributed by atoms with E-state index in [0.717, 1.165) is 36.4 Å². The normalized spacial score (nSPS) is 15.1. The number of carbonyl (C=O) groups excluding carboxylic acids is 1. The van der Waals surface area contributed by atoms with Crippen molar-refractivity contribution in [2.75, 3.05) is 18.4 Å². The van der Waals surface area contributed by atoms with Gasteiger partial charge in [-0.05, 0) is 50.2 Å². The monoisotopic (exact) mass is 446 g/mol. The van der Waals surface area contributed by atoms with E-state index in [1.807, 2.05) is 58.5 Å². The molecule has 1 aliphatic heterocycles. The summed E-state index contributed by atoms with van der Waals surface area (Å²) in [5.74, 6) is -0.153. The van der Waals surface area contributed by atoms with Crippen molar-refractivity contribution in [2.45, 2.75) is 38.8 Å². The standard InChI is InChI=1S/C25H26N4O2S/c30-23(27-25-26-18(17-32-25)15-28-13-7-1-2-8-14-28)16-29-21-11-5-3-9-19(21)24(31)20-10-4-6-12-22(20)29/h3-6,9-12,17H,1-2,7-8,13-16H2,(H,26,27,30). The lowest BCUT2D eigenvalue weighted by atomic mass is 10.1. The molecule has 1 aliphatic rings. The van der Waals surface area contributed by atoms with Gasteiger partial charge < -0.3 is 9.88 Å². The zero-order valence-corrected chi connectivity index (χ0v) is 18.7. The highest BCUT2D eigenvalue weighted by Crippen LogP contribution is 2.21. The van der Waals surface area contributed by atoms with Gasteiger partial charge in [-0.25, -0.2) is 4.98 Å². The lowest BCUT2D eigenvalue weighted by Gasteiger charge is -2.18. The van der Waals surface area contributed by atoms with Crippen LogP contribution in [0.2, 0.25) is 0 Å². The van der Waals surface area contributed by atoms with E-state index in [-0.39, 0.29) is 17.9 Å². The number of pyridine rings is 1. The van der Waals surface area contributed by atoms with Gasteiger partial charge in [-0.2, -0.15) is 0 Å². The van der Waals surface area contributed by atoms with Gasteiger partial charge >= 0.3 is 0 Å². The zero-order valence-electron chi connectivity index (χ0n) is 17.9. The van der Waals surface area contributed by atoms with Crippen molar-refractivity contribution in [3.8, 4) is 0 Å². The molecule has 6 nitrogen and oxygen atoms in total. The minimum atomic E-state index is -0.153. The van der Waals surface area contributed by atoms with Crippen LogP contribution in [-0.2, 0) is 17.9 Å². The molecule has 32 heavy (non-hydrogen) atoms. The van der Waals surface area contributed by atoms with Crippen molar-refractivity contribution in [2.24, 2.45) is 0 Å². The number of carbonyl (C=O) groups is 1. The topological polar surface area (TPSA) is 67.2 Å². The third-order valence-corrected chi connectivity index (χ3v) is 6.87. The fourth-order valence-electron chi connectivity index (χ4n) is 4.51. The van der Waals surface area contributed by atoms with E-state index in [0.29, 0.717) is 15.9 Å². The second kappa shape index (κ2) is 9.22. The quantitative estimate of drug-likeness (QED) is 0.454. The molecule has 0 radical (unpaired) electrons. The molecule has 164 valence electrons. The Bertz CT molecular complexity index is 1260. The largest absolute Gasteiger partial charge is 0.331 e. The molecule has 0 bridgehead atoms. The molecule has 2 aromatic carbocycles. The highest BCUT2D eigenvalue weighted by molar-refractivity contribution is 7.13. The van der Waals surface area contributed by atoms with E-state index >= 15 is 0 Å². The molecular weight excluding hydrogens is 420 g/mol. The molecule has 5 rings (SSSR count). The molecule has 1 N–H and O–H groups in total. The predicted molar refractivity (Wildman–Crippen MR) is 130 cm³/mol. The van der Waals surface area contributed by atoms with Gasteiger partial charge in [-0.1, -0.05) is 37.1 Å². The number of anilines is 1. The number of nitrogens with one attached hydrogen (secondary N) is 1. The summed E-state index contributed by atoms with van der Waals surface area (Å²) in [6.07, 6.45) is 5.11. The number of likely N-dealkylation sites (tertiary alicyclic amines) is 1. The average molecular weight is 447 g/mol. The van der Waals surface area contributed by atoms with Gasteiger partial charge in [0.15, 0.2) is 10.6 Å². The number of benzene rings is 2. The van der Waals surface area contributed by atoms with E-state index in [1.165, 1.54) is 37.0 Å². The Hall–Kier alpha value is -3.03. The van der Waals surface area contributed by atoms with Crippen LogP contribution in [0.4, 0.5) is 5.13 Å². The first-order valence-electron chi connectivity index (χ1n) is 11.2. The lowest BCUT2D eigenvalue weighted by molar-refractivity contribution is -0.116. The van der Waals surface area contributed by atoms with Gasteiger partial charge in [0.05, 0.1) is 16.7 Å². The molecule has 7 heteroatoms. The Balaban J connectivity index is 1.36. The van der Waals surface area contributed by atoms with Crippen LogP contribution in [-0.4, -0.2) is 33.4 Å². The summed E-state index contributed by atoms with van der Waals surface area (Å²) in [6.45, 7) is 3.18. The predicted octanol–water partition coefficient (Wildman–Crippen LogP) is 4.63. The van der Waals surface area contributed by atoms with Crippen molar-refractivity contribution < 1.29 is 4.79 Å². The molecule has 4 aromatic rings. The summed E-state index contributed by atoms with van der Waals surface area (Å²) >= 11 is 1.46. The first-order valence-corrected chi connectivity index (χ1v) is 12.0. The van der Waals surface area contributed by atoms with Crippen LogP contribution < -0.4 is 10.7 Å². The Morgan fingerprint density at radius 3 is 2.22 bits per heavy atom.